The van der Waals surface area contributed by atoms with Gasteiger partial charge >= 0.3 is 0 Å². The lowest BCUT2D eigenvalue weighted by Gasteiger charge is -2.06. The quantitative estimate of drug-likeness (QED) is 0.903. The van der Waals surface area contributed by atoms with Crippen molar-refractivity contribution in [2.45, 2.75) is 13.5 Å². The molecule has 0 atom stereocenters. The summed E-state index contributed by atoms with van der Waals surface area (Å²) in [7, 11) is 0. The van der Waals surface area contributed by atoms with Crippen LogP contribution in [0.15, 0.2) is 28.2 Å². The molecule has 0 spiro atoms. The summed E-state index contributed by atoms with van der Waals surface area (Å²) in [6.45, 7) is 2.82. The van der Waals surface area contributed by atoms with E-state index in [2.05, 4.69) is 26.2 Å². The lowest BCUT2D eigenvalue weighted by molar-refractivity contribution is 1.12. The maximum atomic E-state index is 5.92. The van der Waals surface area contributed by atoms with Crippen molar-refractivity contribution in [3.63, 3.8) is 0 Å². The number of thiazole rings is 1. The number of nitrogens with one attached hydrogen (secondary N) is 1. The third kappa shape index (κ3) is 2.75. The van der Waals surface area contributed by atoms with Crippen LogP contribution in [0, 0.1) is 6.92 Å². The van der Waals surface area contributed by atoms with Crippen LogP contribution < -0.4 is 5.32 Å². The third-order valence-electron chi connectivity index (χ3n) is 2.22. The average Bonchev–Trinajstić information content (AvgIpc) is 2.66. The number of nitrogens with zero attached hydrogens (tertiary/aromatic N) is 1. The molecular weight excluding hydrogens is 308 g/mol. The molecule has 0 saturated carbocycles. The van der Waals surface area contributed by atoms with E-state index in [0.717, 1.165) is 27.4 Å². The van der Waals surface area contributed by atoms with Gasteiger partial charge in [0.1, 0.15) is 0 Å². The minimum atomic E-state index is 0.722. The zero-order valence-corrected chi connectivity index (χ0v) is 11.8. The smallest absolute Gasteiger partial charge is 0.0798 e. The molecular formula is C11H10BrClN2S. The number of halogens is 2. The predicted octanol–water partition coefficient (Wildman–Crippen LogP) is 4.48. The molecule has 1 aromatic carbocycles. The first-order valence-electron chi connectivity index (χ1n) is 4.74. The summed E-state index contributed by atoms with van der Waals surface area (Å²) in [5.74, 6) is 0. The Morgan fingerprint density at radius 2 is 2.31 bits per heavy atom. The van der Waals surface area contributed by atoms with Crippen molar-refractivity contribution < 1.29 is 0 Å². The summed E-state index contributed by atoms with van der Waals surface area (Å²) in [5, 5.41) is 4.06. The summed E-state index contributed by atoms with van der Waals surface area (Å²) in [6.07, 6.45) is 0. The summed E-state index contributed by atoms with van der Waals surface area (Å²) >= 11 is 11.0. The fraction of sp³-hybridized carbons (Fsp3) is 0.182. The van der Waals surface area contributed by atoms with Gasteiger partial charge in [-0.15, -0.1) is 11.3 Å². The SMILES string of the molecule is Cc1ncsc1CNc1ccc(Cl)c(Br)c1. The molecule has 1 aromatic heterocycles. The minimum Gasteiger partial charge on any atom is -0.380 e. The van der Waals surface area contributed by atoms with E-state index in [1.54, 1.807) is 11.3 Å². The first-order chi connectivity index (χ1) is 7.66. The fourth-order valence-corrected chi connectivity index (χ4v) is 2.50. The Morgan fingerprint density at radius 1 is 1.50 bits per heavy atom. The summed E-state index contributed by atoms with van der Waals surface area (Å²) < 4.78 is 0.903. The van der Waals surface area contributed by atoms with Crippen LogP contribution >= 0.6 is 38.9 Å². The minimum absolute atomic E-state index is 0.722. The van der Waals surface area contributed by atoms with Crippen LogP contribution in [0.4, 0.5) is 5.69 Å². The second-order valence-corrected chi connectivity index (χ2v) is 5.54. The van der Waals surface area contributed by atoms with Crippen molar-refractivity contribution in [3.05, 3.63) is 43.8 Å². The van der Waals surface area contributed by atoms with E-state index in [4.69, 9.17) is 11.6 Å². The van der Waals surface area contributed by atoms with Crippen LogP contribution in [0.25, 0.3) is 0 Å². The standard InChI is InChI=1S/C11H10BrClN2S/c1-7-11(16-6-15-7)5-14-8-2-3-10(13)9(12)4-8/h2-4,6,14H,5H2,1H3. The van der Waals surface area contributed by atoms with E-state index in [9.17, 15) is 0 Å². The van der Waals surface area contributed by atoms with Crippen molar-refractivity contribution in [1.82, 2.24) is 4.98 Å². The molecule has 2 aromatic rings. The van der Waals surface area contributed by atoms with Gasteiger partial charge in [-0.3, -0.25) is 0 Å². The van der Waals surface area contributed by atoms with Gasteiger partial charge in [0.25, 0.3) is 0 Å². The van der Waals surface area contributed by atoms with Gasteiger partial charge in [0.05, 0.1) is 22.8 Å². The van der Waals surface area contributed by atoms with Crippen molar-refractivity contribution in [2.75, 3.05) is 5.32 Å². The maximum Gasteiger partial charge on any atom is 0.0798 e. The molecule has 0 saturated heterocycles. The van der Waals surface area contributed by atoms with Crippen molar-refractivity contribution in [2.24, 2.45) is 0 Å². The number of anilines is 1. The molecule has 1 N–H and O–H groups in total. The van der Waals surface area contributed by atoms with Crippen molar-refractivity contribution in [3.8, 4) is 0 Å². The predicted molar refractivity (Wildman–Crippen MR) is 73.3 cm³/mol. The topological polar surface area (TPSA) is 24.9 Å². The molecule has 0 aliphatic carbocycles. The second-order valence-electron chi connectivity index (χ2n) is 3.34. The van der Waals surface area contributed by atoms with Crippen molar-refractivity contribution >= 4 is 44.6 Å². The molecule has 0 bridgehead atoms. The number of hydrogen-bond acceptors (Lipinski definition) is 3. The van der Waals surface area contributed by atoms with Gasteiger partial charge in [-0.05, 0) is 41.1 Å². The van der Waals surface area contributed by atoms with E-state index < -0.39 is 0 Å². The van der Waals surface area contributed by atoms with Crippen LogP contribution in [0.3, 0.4) is 0 Å². The van der Waals surface area contributed by atoms with E-state index >= 15 is 0 Å². The van der Waals surface area contributed by atoms with E-state index in [0.29, 0.717) is 0 Å². The Bertz CT molecular complexity index is 498. The van der Waals surface area contributed by atoms with Crippen LogP contribution in [0.2, 0.25) is 5.02 Å². The molecule has 84 valence electrons. The Balaban J connectivity index is 2.05. The monoisotopic (exact) mass is 316 g/mol. The highest BCUT2D eigenvalue weighted by Gasteiger charge is 2.02. The molecule has 2 nitrogen and oxygen atoms in total. The van der Waals surface area contributed by atoms with Gasteiger partial charge in [0.15, 0.2) is 0 Å². The first kappa shape index (κ1) is 11.9. The summed E-state index contributed by atoms with van der Waals surface area (Å²) in [5.41, 5.74) is 4.00. The lowest BCUT2D eigenvalue weighted by atomic mass is 10.3. The van der Waals surface area contributed by atoms with E-state index in [-0.39, 0.29) is 0 Å². The highest BCUT2D eigenvalue weighted by atomic mass is 79.9. The van der Waals surface area contributed by atoms with Gasteiger partial charge in [0, 0.05) is 15.0 Å². The molecule has 5 heteroatoms. The number of hydrogen-bond donors (Lipinski definition) is 1. The molecule has 0 aliphatic rings. The first-order valence-corrected chi connectivity index (χ1v) is 6.80. The highest BCUT2D eigenvalue weighted by molar-refractivity contribution is 9.10. The zero-order valence-electron chi connectivity index (χ0n) is 8.63. The third-order valence-corrected chi connectivity index (χ3v) is 4.37. The molecule has 0 fully saturated rings. The normalized spacial score (nSPS) is 10.4. The van der Waals surface area contributed by atoms with Crippen LogP contribution in [0.5, 0.6) is 0 Å². The molecule has 1 heterocycles. The number of benzene rings is 1. The van der Waals surface area contributed by atoms with E-state index in [1.165, 1.54) is 4.88 Å². The second kappa shape index (κ2) is 5.17. The van der Waals surface area contributed by atoms with E-state index in [1.807, 2.05) is 30.6 Å². The lowest BCUT2D eigenvalue weighted by Crippen LogP contribution is -1.98. The van der Waals surface area contributed by atoms with Gasteiger partial charge in [-0.2, -0.15) is 0 Å². The zero-order chi connectivity index (χ0) is 11.5. The fourth-order valence-electron chi connectivity index (χ4n) is 1.28. The molecule has 16 heavy (non-hydrogen) atoms. The molecule has 0 unspecified atom stereocenters. The van der Waals surface area contributed by atoms with Gasteiger partial charge in [0.2, 0.25) is 0 Å². The molecule has 2 rings (SSSR count). The molecule has 0 amide bonds. The highest BCUT2D eigenvalue weighted by Crippen LogP contribution is 2.26. The van der Waals surface area contributed by atoms with Crippen molar-refractivity contribution in [1.29, 1.82) is 0 Å². The Kier molecular flexibility index (Phi) is 3.84. The summed E-state index contributed by atoms with van der Waals surface area (Å²) in [6, 6.07) is 5.80. The largest absolute Gasteiger partial charge is 0.380 e. The number of aryl methyl sites for hydroxylation is 1. The van der Waals surface area contributed by atoms with Crippen LogP contribution in [0.1, 0.15) is 10.6 Å². The van der Waals surface area contributed by atoms with Gasteiger partial charge in [-0.25, -0.2) is 4.98 Å². The van der Waals surface area contributed by atoms with Crippen LogP contribution in [-0.4, -0.2) is 4.98 Å². The van der Waals surface area contributed by atoms with Crippen LogP contribution in [-0.2, 0) is 6.54 Å². The average molecular weight is 318 g/mol. The summed E-state index contributed by atoms with van der Waals surface area (Å²) in [4.78, 5) is 5.46. The Morgan fingerprint density at radius 3 is 2.94 bits per heavy atom. The van der Waals surface area contributed by atoms with Gasteiger partial charge < -0.3 is 5.32 Å². The van der Waals surface area contributed by atoms with Gasteiger partial charge in [-0.1, -0.05) is 11.6 Å². The molecule has 0 radical (unpaired) electrons. The number of aromatic nitrogens is 1. The maximum absolute atomic E-state index is 5.92. The number of rotatable bonds is 3. The molecule has 0 aliphatic heterocycles. The Labute approximate surface area is 112 Å². The Hall–Kier alpha value is -0.580.